The molecule has 4 nitrogen and oxygen atoms in total. The molecule has 0 aliphatic rings. The van der Waals surface area contributed by atoms with Gasteiger partial charge in [-0.05, 0) is 62.1 Å². The number of carbonyl (C=O) groups is 2. The number of amides is 1. The van der Waals surface area contributed by atoms with E-state index < -0.39 is 12.1 Å². The van der Waals surface area contributed by atoms with Gasteiger partial charge in [0.15, 0.2) is 6.10 Å². The van der Waals surface area contributed by atoms with Gasteiger partial charge in [0.1, 0.15) is 0 Å². The Bertz CT molecular complexity index is 809. The fourth-order valence-corrected chi connectivity index (χ4v) is 2.30. The summed E-state index contributed by atoms with van der Waals surface area (Å²) in [6, 6.07) is 13.5. The van der Waals surface area contributed by atoms with Crippen LogP contribution < -0.4 is 5.32 Å². The van der Waals surface area contributed by atoms with Gasteiger partial charge in [-0.2, -0.15) is 0 Å². The van der Waals surface area contributed by atoms with E-state index in [0.717, 1.165) is 27.9 Å². The summed E-state index contributed by atoms with van der Waals surface area (Å²) in [6.07, 6.45) is 2.14. The van der Waals surface area contributed by atoms with Gasteiger partial charge >= 0.3 is 5.97 Å². The lowest BCUT2D eigenvalue weighted by molar-refractivity contribution is -0.148. The van der Waals surface area contributed by atoms with Crippen molar-refractivity contribution in [3.63, 3.8) is 0 Å². The van der Waals surface area contributed by atoms with Gasteiger partial charge in [-0.3, -0.25) is 4.79 Å². The molecule has 4 heteroatoms. The first-order valence-corrected chi connectivity index (χ1v) is 8.19. The van der Waals surface area contributed by atoms with E-state index in [-0.39, 0.29) is 5.91 Å². The van der Waals surface area contributed by atoms with Gasteiger partial charge in [0, 0.05) is 11.8 Å². The molecular weight excluding hydrogens is 314 g/mol. The normalized spacial score (nSPS) is 12.0. The number of aryl methyl sites for hydroxylation is 3. The molecule has 130 valence electrons. The third-order valence-electron chi connectivity index (χ3n) is 3.90. The molecule has 0 aliphatic carbocycles. The number of ether oxygens (including phenoxy) is 1. The van der Waals surface area contributed by atoms with E-state index in [1.807, 2.05) is 63.2 Å². The number of carbonyl (C=O) groups excluding carboxylic acids is 2. The maximum absolute atomic E-state index is 12.2. The number of benzene rings is 2. The Hall–Kier alpha value is -2.88. The second kappa shape index (κ2) is 8.29. The van der Waals surface area contributed by atoms with Gasteiger partial charge < -0.3 is 10.1 Å². The molecule has 1 amide bonds. The first-order valence-electron chi connectivity index (χ1n) is 8.19. The minimum Gasteiger partial charge on any atom is -0.449 e. The maximum Gasteiger partial charge on any atom is 0.331 e. The highest BCUT2D eigenvalue weighted by atomic mass is 16.5. The Morgan fingerprint density at radius 1 is 1.04 bits per heavy atom. The van der Waals surface area contributed by atoms with Crippen LogP contribution in [0.4, 0.5) is 5.69 Å². The monoisotopic (exact) mass is 337 g/mol. The van der Waals surface area contributed by atoms with Crippen molar-refractivity contribution in [2.24, 2.45) is 0 Å². The third-order valence-corrected chi connectivity index (χ3v) is 3.90. The van der Waals surface area contributed by atoms with Crippen LogP contribution in [0.5, 0.6) is 0 Å². The lowest BCUT2D eigenvalue weighted by atomic mass is 10.1. The van der Waals surface area contributed by atoms with Gasteiger partial charge in [-0.15, -0.1) is 0 Å². The first kappa shape index (κ1) is 18.5. The molecule has 0 saturated heterocycles. The van der Waals surface area contributed by atoms with Crippen molar-refractivity contribution < 1.29 is 14.3 Å². The molecular formula is C21H23NO3. The van der Waals surface area contributed by atoms with Gasteiger partial charge in [0.05, 0.1) is 0 Å². The summed E-state index contributed by atoms with van der Waals surface area (Å²) in [5.74, 6) is -0.904. The molecule has 0 fully saturated rings. The average Bonchev–Trinajstić information content (AvgIpc) is 2.57. The van der Waals surface area contributed by atoms with E-state index >= 15 is 0 Å². The van der Waals surface area contributed by atoms with Crippen molar-refractivity contribution in [3.05, 3.63) is 70.8 Å². The number of hydrogen-bond donors (Lipinski definition) is 1. The highest BCUT2D eigenvalue weighted by Crippen LogP contribution is 2.17. The largest absolute Gasteiger partial charge is 0.449 e. The van der Waals surface area contributed by atoms with Crippen LogP contribution in [0.25, 0.3) is 6.08 Å². The molecule has 1 atom stereocenters. The molecule has 0 radical (unpaired) electrons. The van der Waals surface area contributed by atoms with Crippen molar-refractivity contribution in [2.45, 2.75) is 33.8 Å². The number of rotatable bonds is 5. The van der Waals surface area contributed by atoms with Gasteiger partial charge in [-0.1, -0.05) is 36.4 Å². The second-order valence-corrected chi connectivity index (χ2v) is 6.08. The molecule has 0 aliphatic heterocycles. The van der Waals surface area contributed by atoms with Crippen LogP contribution in [-0.4, -0.2) is 18.0 Å². The summed E-state index contributed by atoms with van der Waals surface area (Å²) >= 11 is 0. The van der Waals surface area contributed by atoms with Crippen molar-refractivity contribution >= 4 is 23.6 Å². The molecule has 25 heavy (non-hydrogen) atoms. The minimum absolute atomic E-state index is 0.355. The predicted molar refractivity (Wildman–Crippen MR) is 100 cm³/mol. The summed E-state index contributed by atoms with van der Waals surface area (Å²) in [5.41, 5.74) is 4.73. The van der Waals surface area contributed by atoms with Gasteiger partial charge in [0.2, 0.25) is 0 Å². The van der Waals surface area contributed by atoms with Crippen LogP contribution in [0.1, 0.15) is 29.2 Å². The van der Waals surface area contributed by atoms with Crippen LogP contribution in [0.3, 0.4) is 0 Å². The Labute approximate surface area is 148 Å². The zero-order valence-electron chi connectivity index (χ0n) is 15.0. The van der Waals surface area contributed by atoms with Gasteiger partial charge in [-0.25, -0.2) is 4.79 Å². The van der Waals surface area contributed by atoms with E-state index in [1.165, 1.54) is 6.08 Å². The number of hydrogen-bond acceptors (Lipinski definition) is 3. The van der Waals surface area contributed by atoms with Crippen molar-refractivity contribution in [2.75, 3.05) is 5.32 Å². The fourth-order valence-electron chi connectivity index (χ4n) is 2.30. The Morgan fingerprint density at radius 3 is 2.48 bits per heavy atom. The molecule has 0 unspecified atom stereocenters. The van der Waals surface area contributed by atoms with Crippen molar-refractivity contribution in [3.8, 4) is 0 Å². The first-order chi connectivity index (χ1) is 11.9. The topological polar surface area (TPSA) is 55.4 Å². The maximum atomic E-state index is 12.2. The summed E-state index contributed by atoms with van der Waals surface area (Å²) < 4.78 is 5.18. The summed E-state index contributed by atoms with van der Waals surface area (Å²) in [4.78, 5) is 24.2. The van der Waals surface area contributed by atoms with Crippen LogP contribution in [0, 0.1) is 20.8 Å². The fraction of sp³-hybridized carbons (Fsp3) is 0.238. The molecule has 0 aromatic heterocycles. The highest BCUT2D eigenvalue weighted by Gasteiger charge is 2.17. The van der Waals surface area contributed by atoms with E-state index in [0.29, 0.717) is 0 Å². The summed E-state index contributed by atoms with van der Waals surface area (Å²) in [6.45, 7) is 7.39. The molecule has 2 rings (SSSR count). The minimum atomic E-state index is -0.881. The molecule has 2 aromatic rings. The Morgan fingerprint density at radius 2 is 1.76 bits per heavy atom. The SMILES string of the molecule is Cc1ccc(C)c(NC(=O)[C@@H](C)OC(=O)/C=C/c2ccccc2C)c1. The molecule has 0 heterocycles. The standard InChI is InChI=1S/C21H23NO3/c1-14-9-10-16(3)19(13-14)22-21(24)17(4)25-20(23)12-11-18-8-6-5-7-15(18)2/h5-13,17H,1-4H3,(H,22,24)/b12-11+/t17-/m1/s1. The van der Waals surface area contributed by atoms with Crippen molar-refractivity contribution in [1.29, 1.82) is 0 Å². The lowest BCUT2D eigenvalue weighted by Crippen LogP contribution is -2.29. The van der Waals surface area contributed by atoms with E-state index in [2.05, 4.69) is 5.32 Å². The lowest BCUT2D eigenvalue weighted by Gasteiger charge is -2.14. The molecule has 2 aromatic carbocycles. The molecule has 0 saturated carbocycles. The van der Waals surface area contributed by atoms with Crippen LogP contribution in [-0.2, 0) is 14.3 Å². The molecule has 1 N–H and O–H groups in total. The van der Waals surface area contributed by atoms with Crippen LogP contribution in [0.2, 0.25) is 0 Å². The smallest absolute Gasteiger partial charge is 0.331 e. The van der Waals surface area contributed by atoms with E-state index in [1.54, 1.807) is 13.0 Å². The molecule has 0 bridgehead atoms. The average molecular weight is 337 g/mol. The second-order valence-electron chi connectivity index (χ2n) is 6.08. The Kier molecular flexibility index (Phi) is 6.12. The zero-order chi connectivity index (χ0) is 18.4. The van der Waals surface area contributed by atoms with Gasteiger partial charge in [0.25, 0.3) is 5.91 Å². The summed E-state index contributed by atoms with van der Waals surface area (Å²) in [7, 11) is 0. The molecule has 0 spiro atoms. The van der Waals surface area contributed by atoms with E-state index in [4.69, 9.17) is 4.74 Å². The van der Waals surface area contributed by atoms with Crippen LogP contribution >= 0.6 is 0 Å². The number of anilines is 1. The number of nitrogens with one attached hydrogen (secondary N) is 1. The van der Waals surface area contributed by atoms with Crippen molar-refractivity contribution in [1.82, 2.24) is 0 Å². The van der Waals surface area contributed by atoms with Crippen LogP contribution in [0.15, 0.2) is 48.5 Å². The third kappa shape index (κ3) is 5.31. The highest BCUT2D eigenvalue weighted by molar-refractivity contribution is 5.97. The number of esters is 1. The van der Waals surface area contributed by atoms with E-state index in [9.17, 15) is 9.59 Å². The predicted octanol–water partition coefficient (Wildman–Crippen LogP) is 4.20. The quantitative estimate of drug-likeness (QED) is 0.657. The summed E-state index contributed by atoms with van der Waals surface area (Å²) in [5, 5.41) is 2.80. The zero-order valence-corrected chi connectivity index (χ0v) is 15.0. The Balaban J connectivity index is 1.95.